The maximum Gasteiger partial charge on any atom is 2.00 e. The Hall–Kier alpha value is 1.19. The molecule has 0 aromatic heterocycles. The molecule has 0 unspecified atom stereocenters. The van der Waals surface area contributed by atoms with Gasteiger partial charge in [0, 0.05) is 20.1 Å². The van der Waals surface area contributed by atoms with Gasteiger partial charge in [-0.25, -0.2) is 0 Å². The van der Waals surface area contributed by atoms with Gasteiger partial charge in [0.25, 0.3) is 0 Å². The van der Waals surface area contributed by atoms with Crippen LogP contribution in [0.2, 0.25) is 0 Å². The van der Waals surface area contributed by atoms with E-state index in [-0.39, 0.29) is 57.0 Å². The van der Waals surface area contributed by atoms with Crippen molar-refractivity contribution in [1.82, 2.24) is 0 Å². The summed E-state index contributed by atoms with van der Waals surface area (Å²) in [5.74, 6) is 0. The molecule has 0 spiro atoms. The van der Waals surface area contributed by atoms with E-state index in [1.807, 2.05) is 0 Å². The van der Waals surface area contributed by atoms with Gasteiger partial charge in [0.05, 0.1) is 0 Å². The van der Waals surface area contributed by atoms with Crippen molar-refractivity contribution >= 4 is 0 Å². The van der Waals surface area contributed by atoms with Crippen molar-refractivity contribution in [2.45, 2.75) is 0 Å². The Bertz CT molecular complexity index is 6.85. The predicted molar refractivity (Wildman–Crippen MR) is 2.06 cm³/mol. The average Bonchev–Trinajstić information content (AvgIpc) is 0. The molecule has 0 saturated carbocycles. The van der Waals surface area contributed by atoms with Gasteiger partial charge >= 0.3 is 20.4 Å². The molecule has 5 heteroatoms. The fourth-order valence-corrected chi connectivity index (χ4v) is 0. The van der Waals surface area contributed by atoms with Crippen LogP contribution >= 0.6 is 0 Å². The third kappa shape index (κ3) is 37.2. The fourth-order valence-electron chi connectivity index (χ4n) is 0. The summed E-state index contributed by atoms with van der Waals surface area (Å²) in [5, 5.41) is 0. The minimum atomic E-state index is 0. The van der Waals surface area contributed by atoms with Crippen LogP contribution in [0.4, 0.5) is 0 Å². The molecular formula is IrO3Pd-4. The first kappa shape index (κ1) is 118. The second-order valence-corrected chi connectivity index (χ2v) is 0. The van der Waals surface area contributed by atoms with Crippen molar-refractivity contribution in [3.63, 3.8) is 0 Å². The largest absolute Gasteiger partial charge is 2.00 e. The van der Waals surface area contributed by atoms with E-state index in [0.717, 1.165) is 0 Å². The molecule has 0 aliphatic rings. The third-order valence-corrected chi connectivity index (χ3v) is 0. The summed E-state index contributed by atoms with van der Waals surface area (Å²) in [7, 11) is 0. The average molecular weight is 347 g/mol. The van der Waals surface area contributed by atoms with E-state index >= 15 is 0 Å². The van der Waals surface area contributed by atoms with E-state index in [0.29, 0.717) is 0 Å². The standard InChI is InChI=1S/Ir.3O.Pd/q;3*-2;+2. The first-order chi connectivity index (χ1) is 0. The van der Waals surface area contributed by atoms with Crippen molar-refractivity contribution in [1.29, 1.82) is 0 Å². The van der Waals surface area contributed by atoms with Gasteiger partial charge in [0.1, 0.15) is 0 Å². The van der Waals surface area contributed by atoms with Crippen LogP contribution in [0.25, 0.3) is 0 Å². The molecule has 0 amide bonds. The van der Waals surface area contributed by atoms with E-state index in [2.05, 4.69) is 0 Å². The molecule has 0 aliphatic heterocycles. The first-order valence-electron chi connectivity index (χ1n) is 0. The molecule has 0 atom stereocenters. The quantitative estimate of drug-likeness (QED) is 0.536. The summed E-state index contributed by atoms with van der Waals surface area (Å²) in [5.41, 5.74) is 0. The fraction of sp³-hybridized carbons (Fsp3) is 0. The topological polar surface area (TPSA) is 85.5 Å². The van der Waals surface area contributed by atoms with Gasteiger partial charge in [-0.05, 0) is 0 Å². The van der Waals surface area contributed by atoms with Crippen molar-refractivity contribution in [3.05, 3.63) is 0 Å². The Morgan fingerprint density at radius 2 is 0.600 bits per heavy atom. The minimum Gasteiger partial charge on any atom is -2.00 e. The van der Waals surface area contributed by atoms with Crippen LogP contribution in [-0.4, -0.2) is 0 Å². The molecule has 0 aromatic carbocycles. The van der Waals surface area contributed by atoms with E-state index < -0.39 is 0 Å². The molecule has 0 N–H and O–H groups in total. The molecule has 0 heterocycles. The second kappa shape index (κ2) is 64.2. The van der Waals surface area contributed by atoms with E-state index in [4.69, 9.17) is 0 Å². The zero-order chi connectivity index (χ0) is 0. The molecule has 0 rings (SSSR count). The van der Waals surface area contributed by atoms with Crippen LogP contribution in [0, 0.1) is 0 Å². The third-order valence-electron chi connectivity index (χ3n) is 0. The van der Waals surface area contributed by atoms with Crippen molar-refractivity contribution in [2.75, 3.05) is 0 Å². The van der Waals surface area contributed by atoms with Gasteiger partial charge in [0.15, 0.2) is 0 Å². The van der Waals surface area contributed by atoms with Crippen LogP contribution in [0.3, 0.4) is 0 Å². The Labute approximate surface area is 57.1 Å². The summed E-state index contributed by atoms with van der Waals surface area (Å²) >= 11 is 0. The molecule has 0 saturated heterocycles. The zero-order valence-corrected chi connectivity index (χ0v) is 5.82. The monoisotopic (exact) mass is 347 g/mol. The second-order valence-electron chi connectivity index (χ2n) is 0. The molecule has 41 valence electrons. The van der Waals surface area contributed by atoms with Gasteiger partial charge in [-0.3, -0.25) is 0 Å². The van der Waals surface area contributed by atoms with Crippen LogP contribution in [0.1, 0.15) is 0 Å². The van der Waals surface area contributed by atoms with E-state index in [1.54, 1.807) is 0 Å². The Morgan fingerprint density at radius 3 is 0.600 bits per heavy atom. The zero-order valence-electron chi connectivity index (χ0n) is 1.87. The molecule has 5 heavy (non-hydrogen) atoms. The van der Waals surface area contributed by atoms with E-state index in [9.17, 15) is 0 Å². The van der Waals surface area contributed by atoms with Gasteiger partial charge in [0.2, 0.25) is 0 Å². The van der Waals surface area contributed by atoms with Gasteiger partial charge < -0.3 is 16.4 Å². The minimum absolute atomic E-state index is 0. The normalized spacial score (nSPS) is 0. The SMILES string of the molecule is [Ir].[O-2].[O-2].[O-2].[Pd+2]. The Balaban J connectivity index is 0. The smallest absolute Gasteiger partial charge is 2.00 e. The number of rotatable bonds is 0. The molecule has 1 radical (unpaired) electrons. The maximum absolute atomic E-state index is 0. The maximum atomic E-state index is 0. The van der Waals surface area contributed by atoms with Crippen LogP contribution < -0.4 is 0 Å². The Morgan fingerprint density at radius 1 is 0.600 bits per heavy atom. The van der Waals surface area contributed by atoms with Crippen LogP contribution in [0.5, 0.6) is 0 Å². The summed E-state index contributed by atoms with van der Waals surface area (Å²) in [6.07, 6.45) is 0. The van der Waals surface area contributed by atoms with E-state index in [1.165, 1.54) is 0 Å². The van der Waals surface area contributed by atoms with Crippen molar-refractivity contribution in [2.24, 2.45) is 0 Å². The van der Waals surface area contributed by atoms with Gasteiger partial charge in [-0.2, -0.15) is 0 Å². The Kier molecular flexibility index (Phi) is 1510. The van der Waals surface area contributed by atoms with Gasteiger partial charge in [-0.1, -0.05) is 0 Å². The van der Waals surface area contributed by atoms with Crippen molar-refractivity contribution in [3.8, 4) is 0 Å². The number of hydrogen-bond donors (Lipinski definition) is 0. The summed E-state index contributed by atoms with van der Waals surface area (Å²) in [6, 6.07) is 0. The summed E-state index contributed by atoms with van der Waals surface area (Å²) in [4.78, 5) is 0. The first-order valence-corrected chi connectivity index (χ1v) is 0. The number of hydrogen-bond acceptors (Lipinski definition) is 0. The van der Waals surface area contributed by atoms with Crippen LogP contribution in [0.15, 0.2) is 0 Å². The molecule has 3 nitrogen and oxygen atoms in total. The molecular weight excluding hydrogens is 347 g/mol. The summed E-state index contributed by atoms with van der Waals surface area (Å²) in [6.45, 7) is 0. The molecule has 0 bridgehead atoms. The summed E-state index contributed by atoms with van der Waals surface area (Å²) < 4.78 is 0. The molecule has 0 aliphatic carbocycles. The van der Waals surface area contributed by atoms with Gasteiger partial charge in [-0.15, -0.1) is 0 Å². The predicted octanol–water partition coefficient (Wildman–Crippen LogP) is -0.361. The van der Waals surface area contributed by atoms with Crippen molar-refractivity contribution < 1.29 is 57.0 Å². The molecule has 0 fully saturated rings. The van der Waals surface area contributed by atoms with Crippen LogP contribution in [-0.2, 0) is 57.0 Å². The molecule has 0 aromatic rings.